The lowest BCUT2D eigenvalue weighted by molar-refractivity contribution is -0.134. The van der Waals surface area contributed by atoms with Crippen molar-refractivity contribution in [2.75, 3.05) is 0 Å². The summed E-state index contributed by atoms with van der Waals surface area (Å²) in [7, 11) is 0. The SMILES string of the molecule is CCCCC(CCC)N1C(=O)C2(CC2)NC1C1CCCC1. The first-order valence-corrected chi connectivity index (χ1v) is 9.32. The summed E-state index contributed by atoms with van der Waals surface area (Å²) >= 11 is 0. The fourth-order valence-corrected chi connectivity index (χ4v) is 4.48. The van der Waals surface area contributed by atoms with Crippen LogP contribution in [0.2, 0.25) is 0 Å². The van der Waals surface area contributed by atoms with Crippen LogP contribution in [0.3, 0.4) is 0 Å². The number of nitrogens with zero attached hydrogens (tertiary/aromatic N) is 1. The van der Waals surface area contributed by atoms with E-state index >= 15 is 0 Å². The molecule has 1 aliphatic heterocycles. The summed E-state index contributed by atoms with van der Waals surface area (Å²) in [6, 6.07) is 0.473. The van der Waals surface area contributed by atoms with Crippen molar-refractivity contribution in [1.29, 1.82) is 0 Å². The molecule has 0 bridgehead atoms. The van der Waals surface area contributed by atoms with Gasteiger partial charge in [0.25, 0.3) is 0 Å². The van der Waals surface area contributed by atoms with E-state index in [-0.39, 0.29) is 5.54 Å². The quantitative estimate of drug-likeness (QED) is 0.773. The zero-order chi connectivity index (χ0) is 14.9. The number of hydrogen-bond donors (Lipinski definition) is 1. The third-order valence-electron chi connectivity index (χ3n) is 5.87. The lowest BCUT2D eigenvalue weighted by atomic mass is 9.98. The molecule has 1 spiro atoms. The maximum atomic E-state index is 13.0. The van der Waals surface area contributed by atoms with E-state index in [2.05, 4.69) is 24.1 Å². The minimum Gasteiger partial charge on any atom is -0.322 e. The number of nitrogens with one attached hydrogen (secondary N) is 1. The summed E-state index contributed by atoms with van der Waals surface area (Å²) < 4.78 is 0. The van der Waals surface area contributed by atoms with Gasteiger partial charge < -0.3 is 4.90 Å². The van der Waals surface area contributed by atoms with Crippen molar-refractivity contribution < 1.29 is 4.79 Å². The van der Waals surface area contributed by atoms with E-state index < -0.39 is 0 Å². The zero-order valence-corrected chi connectivity index (χ0v) is 13.9. The topological polar surface area (TPSA) is 32.3 Å². The Morgan fingerprint density at radius 3 is 2.48 bits per heavy atom. The molecule has 3 heteroatoms. The summed E-state index contributed by atoms with van der Waals surface area (Å²) in [6.45, 7) is 4.51. The molecule has 3 aliphatic rings. The minimum atomic E-state index is -0.133. The molecule has 3 nitrogen and oxygen atoms in total. The Bertz CT molecular complexity index is 371. The molecule has 2 atom stereocenters. The fraction of sp³-hybridized carbons (Fsp3) is 0.944. The van der Waals surface area contributed by atoms with E-state index in [1.165, 1.54) is 57.8 Å². The van der Waals surface area contributed by atoms with Crippen LogP contribution in [-0.2, 0) is 4.79 Å². The van der Waals surface area contributed by atoms with Gasteiger partial charge in [-0.1, -0.05) is 46.0 Å². The van der Waals surface area contributed by atoms with Gasteiger partial charge in [0.15, 0.2) is 0 Å². The molecular formula is C18H32N2O. The monoisotopic (exact) mass is 292 g/mol. The van der Waals surface area contributed by atoms with E-state index in [0.717, 1.165) is 12.8 Å². The molecule has 0 aromatic carbocycles. The molecule has 3 fully saturated rings. The molecule has 2 saturated carbocycles. The highest BCUT2D eigenvalue weighted by Crippen LogP contribution is 2.46. The van der Waals surface area contributed by atoms with E-state index in [0.29, 0.717) is 24.0 Å². The summed E-state index contributed by atoms with van der Waals surface area (Å²) in [5, 5.41) is 3.77. The predicted molar refractivity (Wildman–Crippen MR) is 85.9 cm³/mol. The third-order valence-corrected chi connectivity index (χ3v) is 5.87. The normalized spacial score (nSPS) is 29.5. The van der Waals surface area contributed by atoms with Crippen molar-refractivity contribution in [2.24, 2.45) is 5.92 Å². The van der Waals surface area contributed by atoms with Gasteiger partial charge in [-0.25, -0.2) is 0 Å². The maximum absolute atomic E-state index is 13.0. The second-order valence-corrected chi connectivity index (χ2v) is 7.51. The highest BCUT2D eigenvalue weighted by molar-refractivity contribution is 5.92. The van der Waals surface area contributed by atoms with Gasteiger partial charge in [0.2, 0.25) is 5.91 Å². The standard InChI is InChI=1S/C18H32N2O/c1-3-5-11-15(8-4-2)20-16(14-9-6-7-10-14)19-18(12-13-18)17(20)21/h14-16,19H,3-13H2,1-2H3. The second-order valence-electron chi connectivity index (χ2n) is 7.51. The molecule has 1 N–H and O–H groups in total. The van der Waals surface area contributed by atoms with Crippen LogP contribution < -0.4 is 5.32 Å². The van der Waals surface area contributed by atoms with Gasteiger partial charge in [0.05, 0.1) is 11.7 Å². The Balaban J connectivity index is 1.78. The number of carbonyl (C=O) groups excluding carboxylic acids is 1. The molecule has 1 amide bonds. The number of unbranched alkanes of at least 4 members (excludes halogenated alkanes) is 1. The van der Waals surface area contributed by atoms with Crippen LogP contribution in [0.15, 0.2) is 0 Å². The number of hydrogen-bond acceptors (Lipinski definition) is 2. The van der Waals surface area contributed by atoms with Gasteiger partial charge in [0.1, 0.15) is 0 Å². The van der Waals surface area contributed by atoms with E-state index in [9.17, 15) is 4.79 Å². The van der Waals surface area contributed by atoms with Crippen molar-refractivity contribution in [3.63, 3.8) is 0 Å². The van der Waals surface area contributed by atoms with Crippen LogP contribution in [0.1, 0.15) is 84.5 Å². The predicted octanol–water partition coefficient (Wildman–Crippen LogP) is 3.83. The van der Waals surface area contributed by atoms with Crippen molar-refractivity contribution in [3.8, 4) is 0 Å². The van der Waals surface area contributed by atoms with Gasteiger partial charge in [-0.3, -0.25) is 10.1 Å². The van der Waals surface area contributed by atoms with E-state index in [4.69, 9.17) is 0 Å². The van der Waals surface area contributed by atoms with Gasteiger partial charge in [-0.05, 0) is 44.4 Å². The van der Waals surface area contributed by atoms with Crippen LogP contribution in [0.5, 0.6) is 0 Å². The molecule has 21 heavy (non-hydrogen) atoms. The van der Waals surface area contributed by atoms with Crippen LogP contribution in [0, 0.1) is 5.92 Å². The zero-order valence-electron chi connectivity index (χ0n) is 13.9. The van der Waals surface area contributed by atoms with Crippen molar-refractivity contribution >= 4 is 5.91 Å². The van der Waals surface area contributed by atoms with Crippen LogP contribution in [-0.4, -0.2) is 28.6 Å². The number of amides is 1. The summed E-state index contributed by atoms with van der Waals surface area (Å²) in [4.78, 5) is 15.3. The van der Waals surface area contributed by atoms with Gasteiger partial charge in [0, 0.05) is 6.04 Å². The van der Waals surface area contributed by atoms with Gasteiger partial charge in [-0.2, -0.15) is 0 Å². The number of carbonyl (C=O) groups is 1. The minimum absolute atomic E-state index is 0.133. The Labute approximate surface area is 129 Å². The second kappa shape index (κ2) is 6.28. The van der Waals surface area contributed by atoms with Crippen molar-refractivity contribution in [2.45, 2.75) is 102 Å². The average Bonchev–Trinajstić information content (AvgIpc) is 2.95. The first-order valence-electron chi connectivity index (χ1n) is 9.32. The van der Waals surface area contributed by atoms with E-state index in [1.54, 1.807) is 0 Å². The fourth-order valence-electron chi connectivity index (χ4n) is 4.48. The molecule has 0 aromatic rings. The Kier molecular flexibility index (Phi) is 4.58. The van der Waals surface area contributed by atoms with Crippen LogP contribution in [0.4, 0.5) is 0 Å². The van der Waals surface area contributed by atoms with Gasteiger partial charge >= 0.3 is 0 Å². The Hall–Kier alpha value is -0.570. The lowest BCUT2D eigenvalue weighted by Gasteiger charge is -2.36. The van der Waals surface area contributed by atoms with Crippen LogP contribution in [0.25, 0.3) is 0 Å². The molecule has 2 unspecified atom stereocenters. The van der Waals surface area contributed by atoms with Gasteiger partial charge in [-0.15, -0.1) is 0 Å². The number of rotatable bonds is 7. The molecule has 3 rings (SSSR count). The largest absolute Gasteiger partial charge is 0.322 e. The maximum Gasteiger partial charge on any atom is 0.244 e. The third kappa shape index (κ3) is 2.86. The lowest BCUT2D eigenvalue weighted by Crippen LogP contribution is -2.48. The molecule has 1 saturated heterocycles. The first kappa shape index (κ1) is 15.3. The molecule has 0 radical (unpaired) electrons. The molecule has 0 aromatic heterocycles. The van der Waals surface area contributed by atoms with Crippen molar-refractivity contribution in [1.82, 2.24) is 10.2 Å². The van der Waals surface area contributed by atoms with E-state index in [1.807, 2.05) is 0 Å². The molecule has 2 aliphatic carbocycles. The van der Waals surface area contributed by atoms with Crippen molar-refractivity contribution in [3.05, 3.63) is 0 Å². The Morgan fingerprint density at radius 1 is 1.19 bits per heavy atom. The Morgan fingerprint density at radius 2 is 1.90 bits per heavy atom. The molecule has 120 valence electrons. The average molecular weight is 292 g/mol. The van der Waals surface area contributed by atoms with Crippen LogP contribution >= 0.6 is 0 Å². The summed E-state index contributed by atoms with van der Waals surface area (Å²) in [6.07, 6.45) is 13.8. The highest BCUT2D eigenvalue weighted by atomic mass is 16.2. The summed E-state index contributed by atoms with van der Waals surface area (Å²) in [5.74, 6) is 1.14. The molecular weight excluding hydrogens is 260 g/mol. The molecule has 1 heterocycles. The summed E-state index contributed by atoms with van der Waals surface area (Å²) in [5.41, 5.74) is -0.133. The first-order chi connectivity index (χ1) is 10.2. The highest BCUT2D eigenvalue weighted by Gasteiger charge is 2.61. The smallest absolute Gasteiger partial charge is 0.244 e.